The Labute approximate surface area is 140 Å². The molecule has 0 aliphatic heterocycles. The highest BCUT2D eigenvalue weighted by Gasteiger charge is 2.13. The Bertz CT molecular complexity index is 917. The molecule has 0 aliphatic carbocycles. The Balaban J connectivity index is 1.89. The molecular weight excluding hydrogens is 305 g/mol. The van der Waals surface area contributed by atoms with Gasteiger partial charge in [0.2, 0.25) is 0 Å². The Kier molecular flexibility index (Phi) is 4.76. The van der Waals surface area contributed by atoms with E-state index in [2.05, 4.69) is 13.0 Å². The van der Waals surface area contributed by atoms with Crippen molar-refractivity contribution in [3.63, 3.8) is 0 Å². The monoisotopic (exact) mass is 326 g/mol. The third-order valence-electron chi connectivity index (χ3n) is 4.25. The van der Waals surface area contributed by atoms with E-state index in [1.54, 1.807) is 18.2 Å². The van der Waals surface area contributed by atoms with Crippen LogP contribution in [0.4, 0.5) is 4.39 Å². The summed E-state index contributed by atoms with van der Waals surface area (Å²) < 4.78 is 19.1. The van der Waals surface area contributed by atoms with Gasteiger partial charge in [0.1, 0.15) is 24.5 Å². The van der Waals surface area contributed by atoms with Gasteiger partial charge >= 0.3 is 5.63 Å². The van der Waals surface area contributed by atoms with Crippen molar-refractivity contribution < 1.29 is 13.7 Å². The van der Waals surface area contributed by atoms with Gasteiger partial charge in [0.15, 0.2) is 0 Å². The Morgan fingerprint density at radius 1 is 1.04 bits per heavy atom. The molecule has 1 heterocycles. The second-order valence-electron chi connectivity index (χ2n) is 6.18. The number of nitrogens with one attached hydrogen (secondary N) is 1. The highest BCUT2D eigenvalue weighted by Crippen LogP contribution is 2.18. The Hall–Kier alpha value is -2.46. The van der Waals surface area contributed by atoms with Crippen molar-refractivity contribution in [1.29, 1.82) is 0 Å². The molecule has 0 aliphatic rings. The zero-order valence-electron chi connectivity index (χ0n) is 13.9. The zero-order valence-corrected chi connectivity index (χ0v) is 13.9. The maximum atomic E-state index is 13.8. The van der Waals surface area contributed by atoms with Crippen molar-refractivity contribution in [1.82, 2.24) is 0 Å². The summed E-state index contributed by atoms with van der Waals surface area (Å²) in [5.74, 6) is -0.193. The second-order valence-corrected chi connectivity index (χ2v) is 6.18. The van der Waals surface area contributed by atoms with E-state index in [1.807, 2.05) is 25.2 Å². The maximum Gasteiger partial charge on any atom is 0.336 e. The van der Waals surface area contributed by atoms with Gasteiger partial charge in [0.25, 0.3) is 0 Å². The highest BCUT2D eigenvalue weighted by molar-refractivity contribution is 5.80. The summed E-state index contributed by atoms with van der Waals surface area (Å²) in [7, 11) is 1.99. The summed E-state index contributed by atoms with van der Waals surface area (Å²) in [6.07, 6.45) is 0.891. The maximum absolute atomic E-state index is 13.8. The van der Waals surface area contributed by atoms with Gasteiger partial charge in [0.05, 0.1) is 7.05 Å². The molecule has 0 radical (unpaired) electrons. The van der Waals surface area contributed by atoms with Crippen molar-refractivity contribution in [3.05, 3.63) is 81.5 Å². The molecule has 1 atom stereocenters. The smallest absolute Gasteiger partial charge is 0.336 e. The van der Waals surface area contributed by atoms with Gasteiger partial charge in [-0.3, -0.25) is 0 Å². The molecule has 1 aromatic heterocycles. The molecule has 0 saturated carbocycles. The summed E-state index contributed by atoms with van der Waals surface area (Å²) >= 11 is 0. The molecule has 3 rings (SSSR count). The van der Waals surface area contributed by atoms with Gasteiger partial charge in [-0.2, -0.15) is 0 Å². The molecule has 0 spiro atoms. The van der Waals surface area contributed by atoms with E-state index in [0.717, 1.165) is 27.8 Å². The van der Waals surface area contributed by atoms with Crippen LogP contribution in [0.3, 0.4) is 0 Å². The lowest BCUT2D eigenvalue weighted by atomic mass is 10.1. The molecule has 24 heavy (non-hydrogen) atoms. The molecule has 1 unspecified atom stereocenters. The van der Waals surface area contributed by atoms with Crippen LogP contribution in [-0.4, -0.2) is 7.05 Å². The molecule has 3 nitrogen and oxygen atoms in total. The molecule has 0 saturated heterocycles. The molecule has 0 amide bonds. The van der Waals surface area contributed by atoms with E-state index < -0.39 is 0 Å². The number of hydrogen-bond acceptors (Lipinski definition) is 2. The summed E-state index contributed by atoms with van der Waals surface area (Å²) in [4.78, 5) is 13.0. The molecule has 0 bridgehead atoms. The van der Waals surface area contributed by atoms with Gasteiger partial charge in [0, 0.05) is 22.6 Å². The third kappa shape index (κ3) is 3.54. The average molecular weight is 326 g/mol. The second kappa shape index (κ2) is 6.97. The lowest BCUT2D eigenvalue weighted by Gasteiger charge is -2.15. The van der Waals surface area contributed by atoms with Crippen molar-refractivity contribution in [2.45, 2.75) is 26.4 Å². The first-order valence-corrected chi connectivity index (χ1v) is 8.17. The number of quaternary nitrogens is 1. The van der Waals surface area contributed by atoms with E-state index in [9.17, 15) is 9.18 Å². The van der Waals surface area contributed by atoms with E-state index in [4.69, 9.17) is 4.42 Å². The van der Waals surface area contributed by atoms with Crippen molar-refractivity contribution in [3.8, 4) is 0 Å². The Morgan fingerprint density at radius 3 is 2.54 bits per heavy atom. The number of hydrogen-bond donors (Lipinski definition) is 1. The highest BCUT2D eigenvalue weighted by atomic mass is 19.1. The summed E-state index contributed by atoms with van der Waals surface area (Å²) in [5, 5.41) is 0.944. The predicted molar refractivity (Wildman–Crippen MR) is 92.6 cm³/mol. The number of aryl methyl sites for hydroxylation is 1. The number of halogens is 1. The standard InChI is InChI=1S/C20H20FNO2/c1-3-14-8-9-17-16(11-20(23)24-19(17)10-14)13-22(2)12-15-6-4-5-7-18(15)21/h4-11H,3,12-13H2,1-2H3/p+1. The van der Waals surface area contributed by atoms with Crippen molar-refractivity contribution in [2.75, 3.05) is 7.05 Å². The molecule has 1 N–H and O–H groups in total. The van der Waals surface area contributed by atoms with Gasteiger partial charge < -0.3 is 9.32 Å². The molecule has 3 aromatic rings. The SMILES string of the molecule is CCc1ccc2c(C[NH+](C)Cc3ccccc3F)cc(=O)oc2c1. The fourth-order valence-electron chi connectivity index (χ4n) is 2.99. The average Bonchev–Trinajstić information content (AvgIpc) is 2.56. The summed E-state index contributed by atoms with van der Waals surface area (Å²) in [6.45, 7) is 3.25. The molecule has 2 aromatic carbocycles. The first kappa shape index (κ1) is 16.4. The van der Waals surface area contributed by atoms with Crippen LogP contribution in [0, 0.1) is 5.82 Å². The summed E-state index contributed by atoms with van der Waals surface area (Å²) in [5.41, 5.74) is 3.02. The van der Waals surface area contributed by atoms with Crippen LogP contribution in [0.25, 0.3) is 11.0 Å². The van der Waals surface area contributed by atoms with E-state index in [1.165, 1.54) is 6.07 Å². The quantitative estimate of drug-likeness (QED) is 0.732. The van der Waals surface area contributed by atoms with Crippen LogP contribution in [0.2, 0.25) is 0 Å². The normalized spacial score (nSPS) is 12.5. The lowest BCUT2D eigenvalue weighted by molar-refractivity contribution is -0.907. The molecule has 0 fully saturated rings. The van der Waals surface area contributed by atoms with Crippen molar-refractivity contribution >= 4 is 11.0 Å². The van der Waals surface area contributed by atoms with E-state index >= 15 is 0 Å². The predicted octanol–water partition coefficient (Wildman–Crippen LogP) is 2.71. The fraction of sp³-hybridized carbons (Fsp3) is 0.250. The first-order valence-electron chi connectivity index (χ1n) is 8.17. The Morgan fingerprint density at radius 2 is 1.79 bits per heavy atom. The number of fused-ring (bicyclic) bond motifs is 1. The topological polar surface area (TPSA) is 34.7 Å². The van der Waals surface area contributed by atoms with Gasteiger partial charge in [-0.05, 0) is 24.1 Å². The first-order chi connectivity index (χ1) is 11.6. The van der Waals surface area contributed by atoms with Crippen LogP contribution < -0.4 is 10.5 Å². The minimum absolute atomic E-state index is 0.193. The van der Waals surface area contributed by atoms with Crippen LogP contribution in [-0.2, 0) is 19.5 Å². The molecule has 124 valence electrons. The lowest BCUT2D eigenvalue weighted by Crippen LogP contribution is -3.06. The van der Waals surface area contributed by atoms with Gasteiger partial charge in [-0.15, -0.1) is 0 Å². The third-order valence-corrected chi connectivity index (χ3v) is 4.25. The van der Waals surface area contributed by atoms with Crippen molar-refractivity contribution in [2.24, 2.45) is 0 Å². The van der Waals surface area contributed by atoms with Gasteiger partial charge in [-0.1, -0.05) is 37.3 Å². The van der Waals surface area contributed by atoms with E-state index in [0.29, 0.717) is 24.2 Å². The summed E-state index contributed by atoms with van der Waals surface area (Å²) in [6, 6.07) is 14.3. The van der Waals surface area contributed by atoms with Crippen LogP contribution >= 0.6 is 0 Å². The van der Waals surface area contributed by atoms with Crippen LogP contribution in [0.1, 0.15) is 23.6 Å². The number of benzene rings is 2. The van der Waals surface area contributed by atoms with E-state index in [-0.39, 0.29) is 11.4 Å². The molecular formula is C20H21FNO2+. The largest absolute Gasteiger partial charge is 0.423 e. The van der Waals surface area contributed by atoms with Gasteiger partial charge in [-0.25, -0.2) is 9.18 Å². The fourth-order valence-corrected chi connectivity index (χ4v) is 2.99. The minimum Gasteiger partial charge on any atom is -0.423 e. The van der Waals surface area contributed by atoms with Crippen LogP contribution in [0.5, 0.6) is 0 Å². The minimum atomic E-state index is -0.343. The van der Waals surface area contributed by atoms with Crippen LogP contribution in [0.15, 0.2) is 57.7 Å². The zero-order chi connectivity index (χ0) is 17.1. The number of rotatable bonds is 5. The molecule has 4 heteroatoms.